The van der Waals surface area contributed by atoms with E-state index in [4.69, 9.17) is 14.3 Å². The molecule has 0 atom stereocenters. The Labute approximate surface area is 161 Å². The van der Waals surface area contributed by atoms with Gasteiger partial charge in [0.25, 0.3) is 0 Å². The van der Waals surface area contributed by atoms with Crippen molar-refractivity contribution in [1.82, 2.24) is 0 Å². The van der Waals surface area contributed by atoms with Crippen LogP contribution in [0.2, 0.25) is 0 Å². The van der Waals surface area contributed by atoms with Crippen molar-refractivity contribution < 1.29 is 19.1 Å². The van der Waals surface area contributed by atoms with Crippen LogP contribution in [0.25, 0.3) is 6.08 Å². The molecule has 27 heavy (non-hydrogen) atoms. The average molecular weight is 371 g/mol. The highest BCUT2D eigenvalue weighted by molar-refractivity contribution is 5.84. The minimum atomic E-state index is -0.476. The number of carbonyl (C=O) groups excluding carboxylic acids is 1. The molecule has 0 bridgehead atoms. The van der Waals surface area contributed by atoms with E-state index in [1.165, 1.54) is 0 Å². The number of unbranched alkanes of at least 4 members (excludes halogenated alkanes) is 3. The molecule has 2 aromatic rings. The Morgan fingerprint density at radius 3 is 2.85 bits per heavy atom. The van der Waals surface area contributed by atoms with Crippen LogP contribution in [0.1, 0.15) is 49.7 Å². The second-order valence-corrected chi connectivity index (χ2v) is 6.37. The lowest BCUT2D eigenvalue weighted by molar-refractivity contribution is 0.174. The van der Waals surface area contributed by atoms with E-state index < -0.39 is 6.09 Å². The monoisotopic (exact) mass is 371 g/mol. The van der Waals surface area contributed by atoms with E-state index in [1.54, 1.807) is 12.2 Å². The zero-order chi connectivity index (χ0) is 19.3. The Morgan fingerprint density at radius 2 is 2.04 bits per heavy atom. The second-order valence-electron chi connectivity index (χ2n) is 6.37. The summed E-state index contributed by atoms with van der Waals surface area (Å²) in [6.07, 6.45) is 8.96. The summed E-state index contributed by atoms with van der Waals surface area (Å²) in [7, 11) is 0. The first-order chi connectivity index (χ1) is 13.2. The maximum Gasteiger partial charge on any atom is 0.411 e. The molecular weight excluding hydrogens is 342 g/mol. The molecule has 0 saturated carbocycles. The fourth-order valence-corrected chi connectivity index (χ4v) is 2.69. The fourth-order valence-electron chi connectivity index (χ4n) is 2.69. The molecule has 0 aliphatic carbocycles. The normalized spacial score (nSPS) is 11.0. The molecular formula is C22H29NO4. The number of carbonyl (C=O) groups is 1. The minimum absolute atomic E-state index is 0.177. The lowest BCUT2D eigenvalue weighted by Gasteiger charge is -2.06. The highest BCUT2D eigenvalue weighted by atomic mass is 16.5. The summed E-state index contributed by atoms with van der Waals surface area (Å²) in [5.41, 5.74) is 1.90. The Morgan fingerprint density at radius 1 is 1.19 bits per heavy atom. The Kier molecular flexibility index (Phi) is 9.21. The summed E-state index contributed by atoms with van der Waals surface area (Å²) < 4.78 is 10.9. The van der Waals surface area contributed by atoms with Gasteiger partial charge in [-0.05, 0) is 61.2 Å². The second kappa shape index (κ2) is 12.0. The predicted molar refractivity (Wildman–Crippen MR) is 108 cm³/mol. The van der Waals surface area contributed by atoms with Crippen LogP contribution in [-0.4, -0.2) is 24.4 Å². The maximum absolute atomic E-state index is 11.8. The van der Waals surface area contributed by atoms with Gasteiger partial charge in [-0.15, -0.1) is 0 Å². The number of anilines is 1. The molecule has 0 fully saturated rings. The van der Waals surface area contributed by atoms with Crippen LogP contribution >= 0.6 is 0 Å². The number of hydrogen-bond donors (Lipinski definition) is 2. The zero-order valence-corrected chi connectivity index (χ0v) is 15.9. The molecule has 2 N–H and O–H groups in total. The molecule has 1 heterocycles. The number of nitrogens with one attached hydrogen (secondary N) is 1. The molecule has 2 rings (SSSR count). The Hall–Kier alpha value is -2.53. The number of ether oxygens (including phenoxy) is 1. The summed E-state index contributed by atoms with van der Waals surface area (Å²) in [5, 5.41) is 11.5. The van der Waals surface area contributed by atoms with E-state index in [-0.39, 0.29) is 13.2 Å². The first kappa shape index (κ1) is 20.8. The number of amides is 1. The Balaban J connectivity index is 1.67. The van der Waals surface area contributed by atoms with Gasteiger partial charge in [0, 0.05) is 18.7 Å². The first-order valence-electron chi connectivity index (χ1n) is 9.60. The molecule has 146 valence electrons. The quantitative estimate of drug-likeness (QED) is 0.533. The number of rotatable bonds is 11. The van der Waals surface area contributed by atoms with Crippen molar-refractivity contribution >= 4 is 17.9 Å². The van der Waals surface area contributed by atoms with E-state index in [1.807, 2.05) is 36.4 Å². The van der Waals surface area contributed by atoms with E-state index in [2.05, 4.69) is 12.2 Å². The van der Waals surface area contributed by atoms with E-state index in [9.17, 15) is 4.79 Å². The van der Waals surface area contributed by atoms with Crippen molar-refractivity contribution in [3.8, 4) is 0 Å². The largest absolute Gasteiger partial charge is 0.462 e. The molecule has 0 saturated heterocycles. The van der Waals surface area contributed by atoms with Crippen LogP contribution in [0.15, 0.2) is 46.9 Å². The molecule has 0 radical (unpaired) electrons. The van der Waals surface area contributed by atoms with Gasteiger partial charge in [0.15, 0.2) is 0 Å². The first-order valence-corrected chi connectivity index (χ1v) is 9.60. The molecule has 1 amide bonds. The smallest absolute Gasteiger partial charge is 0.411 e. The van der Waals surface area contributed by atoms with E-state index in [0.29, 0.717) is 0 Å². The van der Waals surface area contributed by atoms with Crippen LogP contribution < -0.4 is 5.32 Å². The molecule has 0 aliphatic rings. The van der Waals surface area contributed by atoms with Gasteiger partial charge in [-0.2, -0.15) is 0 Å². The molecule has 5 heteroatoms. The molecule has 1 aromatic carbocycles. The number of aryl methyl sites for hydroxylation is 2. The summed E-state index contributed by atoms with van der Waals surface area (Å²) in [6.45, 7) is 2.51. The topological polar surface area (TPSA) is 71.7 Å². The minimum Gasteiger partial charge on any atom is -0.462 e. The van der Waals surface area contributed by atoms with Crippen molar-refractivity contribution in [2.45, 2.75) is 45.4 Å². The van der Waals surface area contributed by atoms with E-state index >= 15 is 0 Å². The van der Waals surface area contributed by atoms with Crippen molar-refractivity contribution in [3.63, 3.8) is 0 Å². The fraction of sp³-hybridized carbons (Fsp3) is 0.409. The van der Waals surface area contributed by atoms with Crippen molar-refractivity contribution in [3.05, 3.63) is 59.6 Å². The third-order valence-electron chi connectivity index (χ3n) is 4.19. The third-order valence-corrected chi connectivity index (χ3v) is 4.19. The van der Waals surface area contributed by atoms with Gasteiger partial charge >= 0.3 is 6.09 Å². The van der Waals surface area contributed by atoms with Crippen LogP contribution in [0, 0.1) is 0 Å². The maximum atomic E-state index is 11.8. The van der Waals surface area contributed by atoms with Crippen molar-refractivity contribution in [2.24, 2.45) is 0 Å². The Bertz CT molecular complexity index is 721. The number of aliphatic hydroxyl groups is 1. The van der Waals surface area contributed by atoms with Crippen LogP contribution in [-0.2, 0) is 17.6 Å². The van der Waals surface area contributed by atoms with Gasteiger partial charge < -0.3 is 14.3 Å². The molecule has 0 unspecified atom stereocenters. The highest BCUT2D eigenvalue weighted by Crippen LogP contribution is 2.14. The van der Waals surface area contributed by atoms with Crippen LogP contribution in [0.4, 0.5) is 10.5 Å². The van der Waals surface area contributed by atoms with Gasteiger partial charge in [-0.25, -0.2) is 4.79 Å². The van der Waals surface area contributed by atoms with Gasteiger partial charge in [0.1, 0.15) is 18.1 Å². The SMILES string of the molecule is CCc1cccc(NC(=O)OCC=Cc2ccc(CCCCCCO)o2)c1. The number of benzene rings is 1. The van der Waals surface area contributed by atoms with E-state index in [0.717, 1.165) is 61.3 Å². The highest BCUT2D eigenvalue weighted by Gasteiger charge is 2.03. The lowest BCUT2D eigenvalue weighted by Crippen LogP contribution is -2.13. The molecule has 0 spiro atoms. The third kappa shape index (κ3) is 8.13. The standard InChI is InChI=1S/C22H29NO4/c1-2-18-9-7-10-19(17-18)23-22(25)26-16-8-12-21-14-13-20(27-21)11-5-3-4-6-15-24/h7-10,12-14,17,24H,2-6,11,15-16H2,1H3,(H,23,25). The summed E-state index contributed by atoms with van der Waals surface area (Å²) in [6, 6.07) is 11.6. The number of hydrogen-bond acceptors (Lipinski definition) is 4. The van der Waals surface area contributed by atoms with Crippen molar-refractivity contribution in [1.29, 1.82) is 0 Å². The average Bonchev–Trinajstić information content (AvgIpc) is 3.13. The van der Waals surface area contributed by atoms with Gasteiger partial charge in [0.2, 0.25) is 0 Å². The number of furan rings is 1. The van der Waals surface area contributed by atoms with Crippen LogP contribution in [0.5, 0.6) is 0 Å². The summed E-state index contributed by atoms with van der Waals surface area (Å²) in [4.78, 5) is 11.8. The summed E-state index contributed by atoms with van der Waals surface area (Å²) in [5.74, 6) is 1.70. The van der Waals surface area contributed by atoms with Crippen LogP contribution in [0.3, 0.4) is 0 Å². The van der Waals surface area contributed by atoms with Gasteiger partial charge in [0.05, 0.1) is 0 Å². The van der Waals surface area contributed by atoms with Gasteiger partial charge in [-0.3, -0.25) is 5.32 Å². The molecule has 1 aromatic heterocycles. The summed E-state index contributed by atoms with van der Waals surface area (Å²) >= 11 is 0. The molecule has 5 nitrogen and oxygen atoms in total. The zero-order valence-electron chi connectivity index (χ0n) is 15.9. The molecule has 0 aliphatic heterocycles. The van der Waals surface area contributed by atoms with Gasteiger partial charge in [-0.1, -0.05) is 31.9 Å². The van der Waals surface area contributed by atoms with Crippen molar-refractivity contribution in [2.75, 3.05) is 18.5 Å². The number of aliphatic hydroxyl groups excluding tert-OH is 1. The predicted octanol–water partition coefficient (Wildman–Crippen LogP) is 5.20. The lowest BCUT2D eigenvalue weighted by atomic mass is 10.1.